The van der Waals surface area contributed by atoms with Crippen molar-refractivity contribution in [3.05, 3.63) is 30.5 Å². The summed E-state index contributed by atoms with van der Waals surface area (Å²) in [5.74, 6) is 1.47. The van der Waals surface area contributed by atoms with Gasteiger partial charge in [0.25, 0.3) is 0 Å². The summed E-state index contributed by atoms with van der Waals surface area (Å²) in [6.45, 7) is 4.06. The Bertz CT molecular complexity index is 1040. The number of fused-ring (bicyclic) bond motifs is 1. The zero-order chi connectivity index (χ0) is 18.9. The van der Waals surface area contributed by atoms with Crippen molar-refractivity contribution in [1.29, 1.82) is 0 Å². The molecule has 0 atom stereocenters. The van der Waals surface area contributed by atoms with E-state index in [2.05, 4.69) is 25.6 Å². The van der Waals surface area contributed by atoms with Crippen LogP contribution in [0.5, 0.6) is 5.75 Å². The number of H-pyrrole nitrogens is 1. The third-order valence-corrected chi connectivity index (χ3v) is 4.80. The highest BCUT2D eigenvalue weighted by Crippen LogP contribution is 2.30. The Kier molecular flexibility index (Phi) is 4.73. The third kappa shape index (κ3) is 3.72. The molecule has 0 saturated heterocycles. The van der Waals surface area contributed by atoms with E-state index in [1.165, 1.54) is 19.2 Å². The number of nitrogens with one attached hydrogen (secondary N) is 3. The number of hydrogen-bond donors (Lipinski definition) is 3. The largest absolute Gasteiger partial charge is 0.495 e. The molecular weight excluding hydrogens is 354 g/mol. The number of sulfone groups is 1. The molecular formula is C17H21N5O3S. The lowest BCUT2D eigenvalue weighted by Gasteiger charge is -2.14. The van der Waals surface area contributed by atoms with E-state index in [1.807, 2.05) is 19.9 Å². The molecule has 8 nitrogen and oxygen atoms in total. The van der Waals surface area contributed by atoms with Crippen LogP contribution in [0.1, 0.15) is 13.8 Å². The van der Waals surface area contributed by atoms with Crippen molar-refractivity contribution in [2.75, 3.05) is 24.0 Å². The highest BCUT2D eigenvalue weighted by atomic mass is 32.2. The van der Waals surface area contributed by atoms with Gasteiger partial charge in [-0.2, -0.15) is 9.97 Å². The molecule has 0 aliphatic rings. The fourth-order valence-electron chi connectivity index (χ4n) is 2.51. The Morgan fingerprint density at radius 2 is 1.96 bits per heavy atom. The summed E-state index contributed by atoms with van der Waals surface area (Å²) < 4.78 is 28.8. The van der Waals surface area contributed by atoms with Gasteiger partial charge >= 0.3 is 0 Å². The van der Waals surface area contributed by atoms with Crippen molar-refractivity contribution in [3.8, 4) is 5.75 Å². The van der Waals surface area contributed by atoms with Gasteiger partial charge in [-0.25, -0.2) is 8.42 Å². The predicted molar refractivity (Wildman–Crippen MR) is 102 cm³/mol. The SMILES string of the molecule is COc1cc(S(C)(=O)=O)ccc1Nc1nc(NC(C)C)c2cc[nH]c2n1. The maximum atomic E-state index is 11.7. The first kappa shape index (κ1) is 18.0. The monoisotopic (exact) mass is 375 g/mol. The summed E-state index contributed by atoms with van der Waals surface area (Å²) in [5.41, 5.74) is 1.26. The Morgan fingerprint density at radius 3 is 2.62 bits per heavy atom. The van der Waals surface area contributed by atoms with Crippen LogP contribution in [-0.2, 0) is 9.84 Å². The summed E-state index contributed by atoms with van der Waals surface area (Å²) in [6, 6.07) is 6.73. The van der Waals surface area contributed by atoms with Gasteiger partial charge in [0.2, 0.25) is 5.95 Å². The fourth-order valence-corrected chi connectivity index (χ4v) is 3.14. The number of benzene rings is 1. The first-order valence-electron chi connectivity index (χ1n) is 8.04. The summed E-state index contributed by atoms with van der Waals surface area (Å²) >= 11 is 0. The number of rotatable bonds is 6. The van der Waals surface area contributed by atoms with E-state index in [9.17, 15) is 8.42 Å². The lowest BCUT2D eigenvalue weighted by Crippen LogP contribution is -2.12. The van der Waals surface area contributed by atoms with Crippen molar-refractivity contribution >= 4 is 38.3 Å². The van der Waals surface area contributed by atoms with Gasteiger partial charge in [0.1, 0.15) is 17.2 Å². The average molecular weight is 375 g/mol. The molecule has 2 aromatic heterocycles. The van der Waals surface area contributed by atoms with Crippen LogP contribution < -0.4 is 15.4 Å². The highest BCUT2D eigenvalue weighted by molar-refractivity contribution is 7.90. The molecule has 3 aromatic rings. The van der Waals surface area contributed by atoms with Gasteiger partial charge in [0, 0.05) is 24.6 Å². The molecule has 0 radical (unpaired) electrons. The summed E-state index contributed by atoms with van der Waals surface area (Å²) in [7, 11) is -1.84. The Balaban J connectivity index is 2.01. The molecule has 138 valence electrons. The number of aromatic nitrogens is 3. The lowest BCUT2D eigenvalue weighted by atomic mass is 10.3. The number of methoxy groups -OCH3 is 1. The number of hydrogen-bond acceptors (Lipinski definition) is 7. The van der Waals surface area contributed by atoms with Gasteiger partial charge in [-0.05, 0) is 32.0 Å². The molecule has 1 aromatic carbocycles. The van der Waals surface area contributed by atoms with Gasteiger partial charge in [0.05, 0.1) is 23.1 Å². The number of anilines is 3. The Hall–Kier alpha value is -2.81. The van der Waals surface area contributed by atoms with Crippen molar-refractivity contribution in [3.63, 3.8) is 0 Å². The van der Waals surface area contributed by atoms with Crippen molar-refractivity contribution in [2.24, 2.45) is 0 Å². The summed E-state index contributed by atoms with van der Waals surface area (Å²) in [6.07, 6.45) is 2.96. The van der Waals surface area contributed by atoms with Gasteiger partial charge < -0.3 is 20.4 Å². The minimum Gasteiger partial charge on any atom is -0.495 e. The van der Waals surface area contributed by atoms with E-state index in [4.69, 9.17) is 4.74 Å². The molecule has 0 aliphatic carbocycles. The number of aromatic amines is 1. The topological polar surface area (TPSA) is 109 Å². The molecule has 0 unspecified atom stereocenters. The standard InChI is InChI=1S/C17H21N5O3S/c1-10(2)19-16-12-7-8-18-15(12)21-17(22-16)20-13-6-5-11(26(4,23)24)9-14(13)25-3/h5-10H,1-4H3,(H3,18,19,20,21,22). The van der Waals surface area contributed by atoms with E-state index >= 15 is 0 Å². The molecule has 3 rings (SSSR count). The molecule has 0 fully saturated rings. The van der Waals surface area contributed by atoms with E-state index < -0.39 is 9.84 Å². The second kappa shape index (κ2) is 6.83. The van der Waals surface area contributed by atoms with Crippen LogP contribution in [-0.4, -0.2) is 42.8 Å². The normalized spacial score (nSPS) is 11.7. The first-order valence-corrected chi connectivity index (χ1v) is 9.94. The second-order valence-electron chi connectivity index (χ2n) is 6.19. The van der Waals surface area contributed by atoms with Crippen molar-refractivity contribution in [2.45, 2.75) is 24.8 Å². The molecule has 0 amide bonds. The van der Waals surface area contributed by atoms with Crippen LogP contribution in [0.2, 0.25) is 0 Å². The number of nitrogens with zero attached hydrogens (tertiary/aromatic N) is 2. The van der Waals surface area contributed by atoms with Crippen LogP contribution in [0.25, 0.3) is 11.0 Å². The zero-order valence-corrected chi connectivity index (χ0v) is 15.8. The molecule has 9 heteroatoms. The van der Waals surface area contributed by atoms with Crippen LogP contribution in [0.15, 0.2) is 35.4 Å². The quantitative estimate of drug-likeness (QED) is 0.608. The fraction of sp³-hybridized carbons (Fsp3) is 0.294. The average Bonchev–Trinajstić information content (AvgIpc) is 3.02. The highest BCUT2D eigenvalue weighted by Gasteiger charge is 2.14. The van der Waals surface area contributed by atoms with Gasteiger partial charge in [0.15, 0.2) is 9.84 Å². The van der Waals surface area contributed by atoms with Crippen LogP contribution >= 0.6 is 0 Å². The molecule has 0 spiro atoms. The van der Waals surface area contributed by atoms with Gasteiger partial charge in [-0.1, -0.05) is 0 Å². The Labute approximate surface area is 151 Å². The summed E-state index contributed by atoms with van der Waals surface area (Å²) in [5, 5.41) is 7.28. The van der Waals surface area contributed by atoms with Crippen molar-refractivity contribution < 1.29 is 13.2 Å². The number of ether oxygens (including phenoxy) is 1. The molecule has 0 bridgehead atoms. The maximum absolute atomic E-state index is 11.7. The lowest BCUT2D eigenvalue weighted by molar-refractivity contribution is 0.415. The zero-order valence-electron chi connectivity index (χ0n) is 15.0. The summed E-state index contributed by atoms with van der Waals surface area (Å²) in [4.78, 5) is 12.2. The van der Waals surface area contributed by atoms with Crippen molar-refractivity contribution in [1.82, 2.24) is 15.0 Å². The molecule has 0 aliphatic heterocycles. The predicted octanol–water partition coefficient (Wildman–Crippen LogP) is 2.93. The molecule has 0 saturated carbocycles. The molecule has 2 heterocycles. The first-order chi connectivity index (χ1) is 12.3. The van der Waals surface area contributed by atoms with Crippen LogP contribution in [0, 0.1) is 0 Å². The molecule has 3 N–H and O–H groups in total. The van der Waals surface area contributed by atoms with Crippen LogP contribution in [0.3, 0.4) is 0 Å². The van der Waals surface area contributed by atoms with E-state index in [0.29, 0.717) is 28.9 Å². The van der Waals surface area contributed by atoms with Crippen LogP contribution in [0.4, 0.5) is 17.5 Å². The van der Waals surface area contributed by atoms with E-state index in [-0.39, 0.29) is 10.9 Å². The maximum Gasteiger partial charge on any atom is 0.231 e. The van der Waals surface area contributed by atoms with Gasteiger partial charge in [-0.3, -0.25) is 0 Å². The minimum absolute atomic E-state index is 0.183. The second-order valence-corrected chi connectivity index (χ2v) is 8.21. The molecule has 26 heavy (non-hydrogen) atoms. The Morgan fingerprint density at radius 1 is 1.19 bits per heavy atom. The smallest absolute Gasteiger partial charge is 0.231 e. The minimum atomic E-state index is -3.32. The van der Waals surface area contributed by atoms with Gasteiger partial charge in [-0.15, -0.1) is 0 Å². The van der Waals surface area contributed by atoms with E-state index in [1.54, 1.807) is 12.3 Å². The third-order valence-electron chi connectivity index (χ3n) is 3.69. The van der Waals surface area contributed by atoms with E-state index in [0.717, 1.165) is 11.6 Å².